The van der Waals surface area contributed by atoms with Crippen LogP contribution < -0.4 is 5.32 Å². The maximum Gasteiger partial charge on any atom is 0.343 e. The summed E-state index contributed by atoms with van der Waals surface area (Å²) in [7, 11) is 0. The second kappa shape index (κ2) is 6.91. The number of rotatable bonds is 5. The van der Waals surface area contributed by atoms with Crippen LogP contribution in [-0.2, 0) is 6.42 Å². The molecule has 0 saturated carbocycles. The Hall–Kier alpha value is -3.22. The van der Waals surface area contributed by atoms with Gasteiger partial charge >= 0.3 is 5.97 Å². The SMILES string of the molecule is CCc1cccc(C)c1NC(=O)c1cccc([N+](=O)[O-])c1C(=O)O. The monoisotopic (exact) mass is 328 g/mol. The number of carboxylic acid groups (broad SMARTS) is 1. The molecule has 0 radical (unpaired) electrons. The number of nitro groups is 1. The van der Waals surface area contributed by atoms with Crippen molar-refractivity contribution in [3.05, 3.63) is 68.8 Å². The van der Waals surface area contributed by atoms with Crippen molar-refractivity contribution in [2.45, 2.75) is 20.3 Å². The summed E-state index contributed by atoms with van der Waals surface area (Å²) in [6, 6.07) is 9.15. The van der Waals surface area contributed by atoms with Gasteiger partial charge < -0.3 is 10.4 Å². The van der Waals surface area contributed by atoms with Crippen molar-refractivity contribution in [2.24, 2.45) is 0 Å². The van der Waals surface area contributed by atoms with E-state index in [0.717, 1.165) is 17.2 Å². The highest BCUT2D eigenvalue weighted by Crippen LogP contribution is 2.26. The lowest BCUT2D eigenvalue weighted by atomic mass is 10.0. The molecule has 2 N–H and O–H groups in total. The third-order valence-corrected chi connectivity index (χ3v) is 3.68. The first kappa shape index (κ1) is 17.1. The van der Waals surface area contributed by atoms with Crippen molar-refractivity contribution in [1.29, 1.82) is 0 Å². The highest BCUT2D eigenvalue weighted by atomic mass is 16.6. The Bertz CT molecular complexity index is 830. The topological polar surface area (TPSA) is 110 Å². The van der Waals surface area contributed by atoms with Crippen LogP contribution in [0.5, 0.6) is 0 Å². The van der Waals surface area contributed by atoms with Crippen molar-refractivity contribution >= 4 is 23.3 Å². The van der Waals surface area contributed by atoms with E-state index in [1.54, 1.807) is 0 Å². The third kappa shape index (κ3) is 3.24. The lowest BCUT2D eigenvalue weighted by Crippen LogP contribution is -2.19. The van der Waals surface area contributed by atoms with Crippen LogP contribution in [-0.4, -0.2) is 21.9 Å². The van der Waals surface area contributed by atoms with Gasteiger partial charge in [0.25, 0.3) is 11.6 Å². The summed E-state index contributed by atoms with van der Waals surface area (Å²) in [5.74, 6) is -2.21. The Labute approximate surface area is 138 Å². The maximum atomic E-state index is 12.5. The molecule has 0 unspecified atom stereocenters. The van der Waals surface area contributed by atoms with Gasteiger partial charge in [0.15, 0.2) is 0 Å². The van der Waals surface area contributed by atoms with Gasteiger partial charge in [-0.2, -0.15) is 0 Å². The summed E-state index contributed by atoms with van der Waals surface area (Å²) in [4.78, 5) is 34.2. The van der Waals surface area contributed by atoms with Crippen LogP contribution in [0, 0.1) is 17.0 Å². The van der Waals surface area contributed by atoms with Crippen molar-refractivity contribution < 1.29 is 19.6 Å². The summed E-state index contributed by atoms with van der Waals surface area (Å²) in [6.07, 6.45) is 0.679. The predicted octanol–water partition coefficient (Wildman–Crippen LogP) is 3.42. The Morgan fingerprint density at radius 1 is 1.21 bits per heavy atom. The molecule has 24 heavy (non-hydrogen) atoms. The fraction of sp³-hybridized carbons (Fsp3) is 0.176. The number of carbonyl (C=O) groups excluding carboxylic acids is 1. The van der Waals surface area contributed by atoms with Crippen LogP contribution >= 0.6 is 0 Å². The first-order chi connectivity index (χ1) is 11.4. The smallest absolute Gasteiger partial charge is 0.343 e. The number of nitrogens with zero attached hydrogens (tertiary/aromatic N) is 1. The fourth-order valence-electron chi connectivity index (χ4n) is 2.49. The van der Waals surface area contributed by atoms with Gasteiger partial charge in [-0.15, -0.1) is 0 Å². The molecule has 0 fully saturated rings. The second-order valence-corrected chi connectivity index (χ2v) is 5.18. The summed E-state index contributed by atoms with van der Waals surface area (Å²) < 4.78 is 0. The summed E-state index contributed by atoms with van der Waals surface area (Å²) >= 11 is 0. The molecule has 0 heterocycles. The normalized spacial score (nSPS) is 10.2. The Balaban J connectivity index is 2.51. The van der Waals surface area contributed by atoms with Crippen LogP contribution in [0.2, 0.25) is 0 Å². The van der Waals surface area contributed by atoms with E-state index in [-0.39, 0.29) is 5.56 Å². The molecule has 2 aromatic carbocycles. The number of carboxylic acids is 1. The number of aromatic carboxylic acids is 1. The Kier molecular flexibility index (Phi) is 4.93. The van der Waals surface area contributed by atoms with Gasteiger partial charge in [-0.05, 0) is 30.5 Å². The molecule has 2 rings (SSSR count). The van der Waals surface area contributed by atoms with E-state index in [1.165, 1.54) is 12.1 Å². The van der Waals surface area contributed by atoms with E-state index < -0.39 is 28.1 Å². The molecule has 124 valence electrons. The zero-order valence-corrected chi connectivity index (χ0v) is 13.2. The van der Waals surface area contributed by atoms with Gasteiger partial charge in [0.05, 0.1) is 10.5 Å². The molecule has 0 aromatic heterocycles. The minimum Gasteiger partial charge on any atom is -0.477 e. The summed E-state index contributed by atoms with van der Waals surface area (Å²) in [5.41, 5.74) is 0.827. The number of para-hydroxylation sites is 1. The van der Waals surface area contributed by atoms with Crippen LogP contribution in [0.1, 0.15) is 38.8 Å². The number of aryl methyl sites for hydroxylation is 2. The average Bonchev–Trinajstić information content (AvgIpc) is 2.55. The summed E-state index contributed by atoms with van der Waals surface area (Å²) in [5, 5.41) is 23.0. The molecule has 7 nitrogen and oxygen atoms in total. The van der Waals surface area contributed by atoms with Gasteiger partial charge in [0, 0.05) is 11.8 Å². The van der Waals surface area contributed by atoms with Gasteiger partial charge in [0.1, 0.15) is 5.56 Å². The third-order valence-electron chi connectivity index (χ3n) is 3.68. The number of benzene rings is 2. The van der Waals surface area contributed by atoms with E-state index in [9.17, 15) is 24.8 Å². The molecular formula is C17H16N2O5. The molecule has 0 aliphatic carbocycles. The van der Waals surface area contributed by atoms with E-state index in [4.69, 9.17) is 0 Å². The Morgan fingerprint density at radius 2 is 1.88 bits per heavy atom. The number of amides is 1. The number of carbonyl (C=O) groups is 2. The number of hydrogen-bond donors (Lipinski definition) is 2. The van der Waals surface area contributed by atoms with Crippen LogP contribution in [0.3, 0.4) is 0 Å². The fourth-order valence-corrected chi connectivity index (χ4v) is 2.49. The number of hydrogen-bond acceptors (Lipinski definition) is 4. The minimum atomic E-state index is -1.52. The van der Waals surface area contributed by atoms with Crippen LogP contribution in [0.15, 0.2) is 36.4 Å². The molecule has 0 aliphatic rings. The van der Waals surface area contributed by atoms with Gasteiger partial charge in [-0.3, -0.25) is 14.9 Å². The number of nitrogens with one attached hydrogen (secondary N) is 1. The first-order valence-corrected chi connectivity index (χ1v) is 7.27. The number of anilines is 1. The van der Waals surface area contributed by atoms with E-state index in [1.807, 2.05) is 32.0 Å². The van der Waals surface area contributed by atoms with Crippen molar-refractivity contribution in [3.63, 3.8) is 0 Å². The van der Waals surface area contributed by atoms with Crippen LogP contribution in [0.25, 0.3) is 0 Å². The summed E-state index contributed by atoms with van der Waals surface area (Å²) in [6.45, 7) is 3.75. The molecule has 0 aliphatic heterocycles. The lowest BCUT2D eigenvalue weighted by molar-refractivity contribution is -0.385. The van der Waals surface area contributed by atoms with Crippen molar-refractivity contribution in [2.75, 3.05) is 5.32 Å². The van der Waals surface area contributed by atoms with Crippen molar-refractivity contribution in [1.82, 2.24) is 0 Å². The molecule has 7 heteroatoms. The number of nitro benzene ring substituents is 1. The molecule has 0 bridgehead atoms. The quantitative estimate of drug-likeness (QED) is 0.645. The highest BCUT2D eigenvalue weighted by Gasteiger charge is 2.27. The molecule has 2 aromatic rings. The molecular weight excluding hydrogens is 312 g/mol. The van der Waals surface area contributed by atoms with Gasteiger partial charge in [0.2, 0.25) is 0 Å². The van der Waals surface area contributed by atoms with Crippen LogP contribution in [0.4, 0.5) is 11.4 Å². The molecule has 0 saturated heterocycles. The highest BCUT2D eigenvalue weighted by molar-refractivity contribution is 6.12. The predicted molar refractivity (Wildman–Crippen MR) is 88.6 cm³/mol. The van der Waals surface area contributed by atoms with E-state index >= 15 is 0 Å². The van der Waals surface area contributed by atoms with Gasteiger partial charge in [-0.1, -0.05) is 31.2 Å². The largest absolute Gasteiger partial charge is 0.477 e. The molecule has 0 atom stereocenters. The lowest BCUT2D eigenvalue weighted by Gasteiger charge is -2.14. The zero-order valence-electron chi connectivity index (χ0n) is 13.2. The van der Waals surface area contributed by atoms with E-state index in [0.29, 0.717) is 12.1 Å². The molecule has 0 spiro atoms. The maximum absolute atomic E-state index is 12.5. The first-order valence-electron chi connectivity index (χ1n) is 7.27. The Morgan fingerprint density at radius 3 is 2.46 bits per heavy atom. The minimum absolute atomic E-state index is 0.248. The average molecular weight is 328 g/mol. The zero-order chi connectivity index (χ0) is 17.9. The molecule has 1 amide bonds. The van der Waals surface area contributed by atoms with Gasteiger partial charge in [-0.25, -0.2) is 4.79 Å². The van der Waals surface area contributed by atoms with Crippen molar-refractivity contribution in [3.8, 4) is 0 Å². The second-order valence-electron chi connectivity index (χ2n) is 5.18. The van der Waals surface area contributed by atoms with E-state index in [2.05, 4.69) is 5.32 Å². The standard InChI is InChI=1S/C17H16N2O5/c1-3-11-7-4-6-10(2)15(11)18-16(20)12-8-5-9-13(19(23)24)14(12)17(21)22/h4-9H,3H2,1-2H3,(H,18,20)(H,21,22).